The summed E-state index contributed by atoms with van der Waals surface area (Å²) in [6.07, 6.45) is 6.60. The minimum absolute atomic E-state index is 0. The van der Waals surface area contributed by atoms with Crippen molar-refractivity contribution in [1.82, 2.24) is 0 Å². The van der Waals surface area contributed by atoms with Crippen LogP contribution in [-0.4, -0.2) is 0 Å². The van der Waals surface area contributed by atoms with Crippen molar-refractivity contribution in [2.45, 2.75) is 25.7 Å². The number of unbranched alkanes of at least 4 members (excludes halogenated alkanes) is 4. The number of rotatable bonds is 4. The zero-order chi connectivity index (χ0) is 5.54. The molecule has 0 fully saturated rings. The third-order valence-electron chi connectivity index (χ3n) is 0.862. The van der Waals surface area contributed by atoms with Crippen LogP contribution in [0.1, 0.15) is 25.7 Å². The van der Waals surface area contributed by atoms with Crippen LogP contribution in [0.25, 0.3) is 0 Å². The summed E-state index contributed by atoms with van der Waals surface area (Å²) >= 11 is 0. The van der Waals surface area contributed by atoms with Gasteiger partial charge in [0.2, 0.25) is 0 Å². The summed E-state index contributed by atoms with van der Waals surface area (Å²) in [7, 11) is 0. The molecule has 0 spiro atoms. The fourth-order valence-electron chi connectivity index (χ4n) is 0.433. The Hall–Kier alpha value is 4.27. The smallest absolute Gasteiger partial charge is 0 e. The topological polar surface area (TPSA) is 0 Å². The van der Waals surface area contributed by atoms with Crippen molar-refractivity contribution in [2.24, 2.45) is 0 Å². The normalized spacial score (nSPS) is 5.50. The SMILES string of the molecule is [CH2-]C[CH-]CCC[CH2-].[W].[W].[W].[Y].[Y]. The first-order chi connectivity index (χ1) is 3.41. The van der Waals surface area contributed by atoms with E-state index in [1.165, 1.54) is 12.8 Å². The second kappa shape index (κ2) is 36.2. The van der Waals surface area contributed by atoms with Crippen molar-refractivity contribution in [3.63, 3.8) is 0 Å². The van der Waals surface area contributed by atoms with Crippen LogP contribution < -0.4 is 0 Å². The van der Waals surface area contributed by atoms with Gasteiger partial charge in [-0.25, -0.2) is 0 Å². The fourth-order valence-corrected chi connectivity index (χ4v) is 0.433. The largest absolute Gasteiger partial charge is 0.372 e. The molecule has 0 saturated heterocycles. The Bertz CT molecular complexity index is 35.8. The molecule has 0 aromatic carbocycles. The minimum atomic E-state index is 0. The maximum Gasteiger partial charge on any atom is 0 e. The molecule has 0 rings (SSSR count). The standard InChI is InChI=1S/C7H13.3W.2Y/c1-3-5-7-6-4-2;;;;;/h5H,1-4,6-7H2;;;;;/q-3;;;;;. The summed E-state index contributed by atoms with van der Waals surface area (Å²) in [5.74, 6) is 0. The molecule has 12 heavy (non-hydrogen) atoms. The molecule has 0 atom stereocenters. The molecule has 0 aliphatic rings. The van der Waals surface area contributed by atoms with Gasteiger partial charge in [-0.05, 0) is 0 Å². The van der Waals surface area contributed by atoms with Gasteiger partial charge in [-0.15, -0.1) is 6.42 Å². The van der Waals surface area contributed by atoms with Crippen molar-refractivity contribution in [3.8, 4) is 0 Å². The monoisotopic (exact) mass is 827 g/mol. The molecule has 0 bridgehead atoms. The molecule has 0 amide bonds. The van der Waals surface area contributed by atoms with E-state index in [0.29, 0.717) is 0 Å². The first-order valence-electron chi connectivity index (χ1n) is 2.82. The minimum Gasteiger partial charge on any atom is -0.372 e. The molecule has 2 radical (unpaired) electrons. The summed E-state index contributed by atoms with van der Waals surface area (Å²) in [4.78, 5) is 0. The van der Waals surface area contributed by atoms with E-state index in [4.69, 9.17) is 0 Å². The van der Waals surface area contributed by atoms with Gasteiger partial charge in [-0.1, -0.05) is 0 Å². The predicted molar refractivity (Wildman–Crippen MR) is 33.5 cm³/mol. The van der Waals surface area contributed by atoms with Crippen LogP contribution in [0, 0.1) is 20.3 Å². The van der Waals surface area contributed by atoms with Crippen LogP contribution in [0.2, 0.25) is 0 Å². The Labute approximate surface area is 171 Å². The van der Waals surface area contributed by atoms with Gasteiger partial charge >= 0.3 is 0 Å². The van der Waals surface area contributed by atoms with Crippen LogP contribution in [0.3, 0.4) is 0 Å². The zero-order valence-electron chi connectivity index (χ0n) is 7.20. The first-order valence-corrected chi connectivity index (χ1v) is 2.82. The molecular formula is C7H13W3Y2-3. The predicted octanol–water partition coefficient (Wildman–Crippen LogP) is 2.41. The van der Waals surface area contributed by atoms with E-state index in [1.807, 2.05) is 0 Å². The van der Waals surface area contributed by atoms with Gasteiger partial charge in [0.1, 0.15) is 0 Å². The fraction of sp³-hybridized carbons (Fsp3) is 0.571. The first kappa shape index (κ1) is 36.0. The molecule has 0 heterocycles. The van der Waals surface area contributed by atoms with Gasteiger partial charge in [-0.2, -0.15) is 12.8 Å². The van der Waals surface area contributed by atoms with Crippen LogP contribution in [-0.2, 0) is 129 Å². The molecule has 0 saturated carbocycles. The van der Waals surface area contributed by atoms with Crippen molar-refractivity contribution >= 4 is 0 Å². The molecule has 0 aliphatic heterocycles. The van der Waals surface area contributed by atoms with E-state index in [9.17, 15) is 0 Å². The Morgan fingerprint density at radius 3 is 1.58 bits per heavy atom. The maximum absolute atomic E-state index is 3.72. The summed E-state index contributed by atoms with van der Waals surface area (Å²) < 4.78 is 0. The Kier molecular flexibility index (Phi) is 108. The van der Waals surface area contributed by atoms with Crippen molar-refractivity contribution < 1.29 is 129 Å². The van der Waals surface area contributed by atoms with Gasteiger partial charge in [-0.3, -0.25) is 0 Å². The molecule has 0 aromatic heterocycles. The molecular weight excluding hydrogens is 813 g/mol. The molecule has 5 heteroatoms. The quantitative estimate of drug-likeness (QED) is 0.302. The number of hydrogen-bond donors (Lipinski definition) is 0. The van der Waals surface area contributed by atoms with Crippen LogP contribution >= 0.6 is 0 Å². The van der Waals surface area contributed by atoms with E-state index < -0.39 is 0 Å². The van der Waals surface area contributed by atoms with Crippen LogP contribution in [0.5, 0.6) is 0 Å². The summed E-state index contributed by atoms with van der Waals surface area (Å²) in [6, 6.07) is 0. The van der Waals surface area contributed by atoms with E-state index in [2.05, 4.69) is 20.3 Å². The zero-order valence-corrected chi connectivity index (χ0v) is 21.7. The van der Waals surface area contributed by atoms with Crippen LogP contribution in [0.15, 0.2) is 0 Å². The maximum atomic E-state index is 3.72. The Morgan fingerprint density at radius 2 is 1.33 bits per heavy atom. The summed E-state index contributed by atoms with van der Waals surface area (Å²) in [6.45, 7) is 7.40. The molecule has 0 nitrogen and oxygen atoms in total. The van der Waals surface area contributed by atoms with Gasteiger partial charge in [0.05, 0.1) is 0 Å². The third-order valence-corrected chi connectivity index (χ3v) is 0.862. The Morgan fingerprint density at radius 1 is 0.917 bits per heavy atom. The molecule has 68 valence electrons. The van der Waals surface area contributed by atoms with Crippen molar-refractivity contribution in [3.05, 3.63) is 20.3 Å². The van der Waals surface area contributed by atoms with Gasteiger partial charge < -0.3 is 26.7 Å². The van der Waals surface area contributed by atoms with E-state index >= 15 is 0 Å². The average Bonchev–Trinajstić information content (AvgIpc) is 1.69. The molecule has 0 aromatic rings. The number of hydrogen-bond acceptors (Lipinski definition) is 0. The second-order valence-corrected chi connectivity index (χ2v) is 1.57. The van der Waals surface area contributed by atoms with Crippen molar-refractivity contribution in [1.29, 1.82) is 0 Å². The van der Waals surface area contributed by atoms with E-state index in [0.717, 1.165) is 12.8 Å². The van der Waals surface area contributed by atoms with Gasteiger partial charge in [0.15, 0.2) is 0 Å². The molecule has 0 N–H and O–H groups in total. The summed E-state index contributed by atoms with van der Waals surface area (Å²) in [5.41, 5.74) is 0. The second-order valence-electron chi connectivity index (χ2n) is 1.57. The van der Waals surface area contributed by atoms with Crippen molar-refractivity contribution in [2.75, 3.05) is 0 Å². The third kappa shape index (κ3) is 36.7. The van der Waals surface area contributed by atoms with Gasteiger partial charge in [0, 0.05) is 129 Å². The van der Waals surface area contributed by atoms with E-state index in [-0.39, 0.29) is 129 Å². The average molecular weight is 827 g/mol. The summed E-state index contributed by atoms with van der Waals surface area (Å²) in [5, 5.41) is 0. The van der Waals surface area contributed by atoms with E-state index in [1.54, 1.807) is 0 Å². The molecule has 0 aliphatic carbocycles. The van der Waals surface area contributed by atoms with Gasteiger partial charge in [0.25, 0.3) is 0 Å². The Balaban J connectivity index is -0.0000000180. The molecule has 0 unspecified atom stereocenters. The van der Waals surface area contributed by atoms with Crippen LogP contribution in [0.4, 0.5) is 0 Å².